The zero-order valence-corrected chi connectivity index (χ0v) is 29.5. The summed E-state index contributed by atoms with van der Waals surface area (Å²) in [5.41, 5.74) is 20.7. The minimum absolute atomic E-state index is 1.22. The van der Waals surface area contributed by atoms with E-state index >= 15 is 0 Å². The second-order valence-electron chi connectivity index (χ2n) is 14.7. The Labute approximate surface area is 314 Å². The van der Waals surface area contributed by atoms with Crippen LogP contribution in [0.4, 0.5) is 0 Å². The molecule has 10 aromatic rings. The van der Waals surface area contributed by atoms with Crippen molar-refractivity contribution < 1.29 is 0 Å². The average molecular weight is 681 g/mol. The molecule has 0 N–H and O–H groups in total. The van der Waals surface area contributed by atoms with E-state index in [-0.39, 0.29) is 0 Å². The molecule has 0 heteroatoms. The van der Waals surface area contributed by atoms with Crippen LogP contribution in [0.15, 0.2) is 194 Å². The van der Waals surface area contributed by atoms with Crippen molar-refractivity contribution in [2.45, 2.75) is 0 Å². The van der Waals surface area contributed by atoms with E-state index in [4.69, 9.17) is 0 Å². The summed E-state index contributed by atoms with van der Waals surface area (Å²) in [5.74, 6) is 0. The highest BCUT2D eigenvalue weighted by atomic mass is 14.4. The molecule has 0 saturated heterocycles. The molecular formula is C54H32. The van der Waals surface area contributed by atoms with Crippen molar-refractivity contribution in [1.82, 2.24) is 0 Å². The summed E-state index contributed by atoms with van der Waals surface area (Å²) >= 11 is 0. The molecule has 54 heavy (non-hydrogen) atoms. The Morgan fingerprint density at radius 3 is 0.944 bits per heavy atom. The summed E-state index contributed by atoms with van der Waals surface area (Å²) < 4.78 is 0. The minimum atomic E-state index is 1.22. The Balaban J connectivity index is 1.27. The van der Waals surface area contributed by atoms with Crippen molar-refractivity contribution in [1.29, 1.82) is 0 Å². The summed E-state index contributed by atoms with van der Waals surface area (Å²) in [6, 6.07) is 72.2. The monoisotopic (exact) mass is 680 g/mol. The molecule has 248 valence electrons. The smallest absolute Gasteiger partial charge is 0.000740 e. The molecule has 0 spiro atoms. The van der Waals surface area contributed by atoms with Gasteiger partial charge in [-0.25, -0.2) is 0 Å². The number of fused-ring (bicyclic) bond motifs is 8. The molecule has 0 saturated carbocycles. The number of hydrogen-bond donors (Lipinski definition) is 0. The van der Waals surface area contributed by atoms with E-state index in [9.17, 15) is 0 Å². The Morgan fingerprint density at radius 2 is 0.537 bits per heavy atom. The molecule has 0 radical (unpaired) electrons. The van der Waals surface area contributed by atoms with Crippen LogP contribution in [-0.2, 0) is 0 Å². The Morgan fingerprint density at radius 1 is 0.204 bits per heavy atom. The molecule has 0 nitrogen and oxygen atoms in total. The number of benzene rings is 10. The fraction of sp³-hybridized carbons (Fsp3) is 0. The molecule has 10 aromatic carbocycles. The van der Waals surface area contributed by atoms with Crippen LogP contribution in [0.2, 0.25) is 0 Å². The van der Waals surface area contributed by atoms with Crippen molar-refractivity contribution in [3.8, 4) is 89.0 Å². The maximum Gasteiger partial charge on any atom is -0.000740 e. The lowest BCUT2D eigenvalue weighted by Crippen LogP contribution is -1.95. The molecule has 0 aliphatic heterocycles. The van der Waals surface area contributed by atoms with Crippen LogP contribution < -0.4 is 0 Å². The first-order chi connectivity index (χ1) is 26.8. The summed E-state index contributed by atoms with van der Waals surface area (Å²) in [5, 5.41) is 7.80. The third-order valence-corrected chi connectivity index (χ3v) is 11.9. The zero-order valence-electron chi connectivity index (χ0n) is 29.5. The quantitative estimate of drug-likeness (QED) is 0.162. The largest absolute Gasteiger partial charge is 0.0622 e. The van der Waals surface area contributed by atoms with E-state index in [1.54, 1.807) is 0 Å². The van der Waals surface area contributed by atoms with Crippen molar-refractivity contribution in [2.75, 3.05) is 0 Å². The maximum absolute atomic E-state index is 2.48. The molecule has 0 bridgehead atoms. The standard InChI is InChI=1S/C54H32/c1-5-15-33(16-6-1)45-29-37-31-47-48(32-38(37)30-46(45)34-17-7-2-8-18-34)50(36-21-11-4-12-22-36)54-44-28-26-42-40-24-14-13-23-39(40)41-25-27-43(52(44)51(41)42)53(54)49(47)35-19-9-3-10-20-35/h1-32H. The van der Waals surface area contributed by atoms with Crippen LogP contribution in [0.5, 0.6) is 0 Å². The van der Waals surface area contributed by atoms with Gasteiger partial charge in [0.05, 0.1) is 0 Å². The zero-order chi connectivity index (χ0) is 35.3. The molecule has 0 fully saturated rings. The van der Waals surface area contributed by atoms with Gasteiger partial charge in [-0.2, -0.15) is 0 Å². The van der Waals surface area contributed by atoms with E-state index in [1.165, 1.54) is 121 Å². The Bertz CT molecular complexity index is 2950. The van der Waals surface area contributed by atoms with Crippen LogP contribution in [0.25, 0.3) is 121 Å². The van der Waals surface area contributed by atoms with E-state index in [0.29, 0.717) is 0 Å². The van der Waals surface area contributed by atoms with E-state index in [0.717, 1.165) is 0 Å². The topological polar surface area (TPSA) is 0 Å². The predicted molar refractivity (Wildman–Crippen MR) is 230 cm³/mol. The van der Waals surface area contributed by atoms with Gasteiger partial charge in [0.2, 0.25) is 0 Å². The van der Waals surface area contributed by atoms with Gasteiger partial charge in [-0.05, 0) is 146 Å². The van der Waals surface area contributed by atoms with Crippen molar-refractivity contribution in [2.24, 2.45) is 0 Å². The number of rotatable bonds is 4. The van der Waals surface area contributed by atoms with Crippen molar-refractivity contribution in [3.05, 3.63) is 194 Å². The lowest BCUT2D eigenvalue weighted by Gasteiger charge is -2.22. The normalized spacial score (nSPS) is 12.1. The first-order valence-corrected chi connectivity index (χ1v) is 18.9. The molecule has 0 amide bonds. The molecular weight excluding hydrogens is 649 g/mol. The highest BCUT2D eigenvalue weighted by molar-refractivity contribution is 6.32. The lowest BCUT2D eigenvalue weighted by molar-refractivity contribution is 1.60. The maximum atomic E-state index is 2.48. The van der Waals surface area contributed by atoms with Crippen molar-refractivity contribution >= 4 is 32.3 Å². The Kier molecular flexibility index (Phi) is 6.15. The second kappa shape index (κ2) is 11.2. The molecule has 0 atom stereocenters. The highest BCUT2D eigenvalue weighted by Gasteiger charge is 2.34. The van der Waals surface area contributed by atoms with Gasteiger partial charge in [-0.1, -0.05) is 170 Å². The van der Waals surface area contributed by atoms with Gasteiger partial charge in [-0.15, -0.1) is 0 Å². The third kappa shape index (κ3) is 4.08. The second-order valence-corrected chi connectivity index (χ2v) is 14.7. The third-order valence-electron chi connectivity index (χ3n) is 11.9. The first-order valence-electron chi connectivity index (χ1n) is 18.9. The SMILES string of the molecule is c1ccc(-c2cc3cc4c(-c5ccccc5)c5c(c(-c6ccccc6)c4cc3cc2-c2ccccc2)-c2ccc3c4c(ccc-5c24)-c2ccccc2-3)cc1. The Hall–Kier alpha value is -7.02. The minimum Gasteiger partial charge on any atom is -0.0622 e. The molecule has 12 rings (SSSR count). The van der Waals surface area contributed by atoms with Crippen LogP contribution in [0.1, 0.15) is 0 Å². The van der Waals surface area contributed by atoms with Gasteiger partial charge in [0.25, 0.3) is 0 Å². The average Bonchev–Trinajstić information content (AvgIpc) is 3.75. The first kappa shape index (κ1) is 29.5. The fourth-order valence-corrected chi connectivity index (χ4v) is 9.66. The molecule has 2 aliphatic rings. The molecule has 0 heterocycles. The van der Waals surface area contributed by atoms with Gasteiger partial charge < -0.3 is 0 Å². The molecule has 2 aliphatic carbocycles. The van der Waals surface area contributed by atoms with Crippen molar-refractivity contribution in [3.63, 3.8) is 0 Å². The van der Waals surface area contributed by atoms with E-state index < -0.39 is 0 Å². The van der Waals surface area contributed by atoms with E-state index in [1.807, 2.05) is 0 Å². The van der Waals surface area contributed by atoms with Crippen LogP contribution in [0, 0.1) is 0 Å². The predicted octanol–water partition coefficient (Wildman–Crippen LogP) is 15.1. The van der Waals surface area contributed by atoms with Gasteiger partial charge in [-0.3, -0.25) is 0 Å². The van der Waals surface area contributed by atoms with Gasteiger partial charge >= 0.3 is 0 Å². The van der Waals surface area contributed by atoms with E-state index in [2.05, 4.69) is 194 Å². The highest BCUT2D eigenvalue weighted by Crippen LogP contribution is 2.61. The fourth-order valence-electron chi connectivity index (χ4n) is 9.66. The van der Waals surface area contributed by atoms with Gasteiger partial charge in [0, 0.05) is 0 Å². The molecule has 0 unspecified atom stereocenters. The van der Waals surface area contributed by atoms with Gasteiger partial charge in [0.15, 0.2) is 0 Å². The summed E-state index contributed by atoms with van der Waals surface area (Å²) in [7, 11) is 0. The molecule has 0 aromatic heterocycles. The van der Waals surface area contributed by atoms with Crippen LogP contribution in [0.3, 0.4) is 0 Å². The van der Waals surface area contributed by atoms with Crippen LogP contribution in [-0.4, -0.2) is 0 Å². The van der Waals surface area contributed by atoms with Crippen LogP contribution >= 0.6 is 0 Å². The summed E-state index contributed by atoms with van der Waals surface area (Å²) in [4.78, 5) is 0. The summed E-state index contributed by atoms with van der Waals surface area (Å²) in [6.45, 7) is 0. The van der Waals surface area contributed by atoms with Gasteiger partial charge in [0.1, 0.15) is 0 Å². The summed E-state index contributed by atoms with van der Waals surface area (Å²) in [6.07, 6.45) is 0. The number of hydrogen-bond acceptors (Lipinski definition) is 0. The lowest BCUT2D eigenvalue weighted by atomic mass is 9.81.